The van der Waals surface area contributed by atoms with Gasteiger partial charge in [-0.05, 0) is 66.8 Å². The van der Waals surface area contributed by atoms with Gasteiger partial charge in [-0.2, -0.15) is 0 Å². The van der Waals surface area contributed by atoms with Crippen molar-refractivity contribution < 1.29 is 13.9 Å². The molecule has 1 amide bonds. The molecule has 1 aromatic heterocycles. The maximum absolute atomic E-state index is 13.2. The molecule has 5 nitrogen and oxygen atoms in total. The highest BCUT2D eigenvalue weighted by atomic mass is 32.2. The summed E-state index contributed by atoms with van der Waals surface area (Å²) in [5.41, 5.74) is 3.84. The van der Waals surface area contributed by atoms with Gasteiger partial charge in [-0.3, -0.25) is 4.79 Å². The van der Waals surface area contributed by atoms with Crippen LogP contribution in [0.15, 0.2) is 81.3 Å². The fourth-order valence-corrected chi connectivity index (χ4v) is 5.57. The molecular formula is C26H22N2O3S. The average Bonchev–Trinajstić information content (AvgIpc) is 3.47. The van der Waals surface area contributed by atoms with Gasteiger partial charge in [-0.25, -0.2) is 4.98 Å². The molecule has 1 atom stereocenters. The van der Waals surface area contributed by atoms with E-state index in [0.717, 1.165) is 63.8 Å². The molecule has 1 saturated heterocycles. The fourth-order valence-electron chi connectivity index (χ4n) is 4.64. The number of nitrogens with zero attached hydrogens (tertiary/aromatic N) is 2. The summed E-state index contributed by atoms with van der Waals surface area (Å²) in [5, 5.41) is 0. The van der Waals surface area contributed by atoms with Crippen molar-refractivity contribution >= 4 is 28.8 Å². The van der Waals surface area contributed by atoms with E-state index in [1.54, 1.807) is 11.8 Å². The van der Waals surface area contributed by atoms with Crippen LogP contribution in [0.3, 0.4) is 0 Å². The standard InChI is InChI=1S/C26H22N2O3S/c29-26(15-18-8-10-25-23(14-18)31-22-5-1-2-6-24(22)32-25)28-11-3-4-19(28)12-17-7-9-21-20(13-17)27-16-30-21/h1-2,5-10,13-14,16,19H,3-4,11-12,15H2. The Hall–Kier alpha value is -3.25. The van der Waals surface area contributed by atoms with E-state index in [2.05, 4.69) is 34.1 Å². The molecule has 0 N–H and O–H groups in total. The first-order valence-corrected chi connectivity index (χ1v) is 11.7. The zero-order chi connectivity index (χ0) is 21.5. The SMILES string of the molecule is O=C(Cc1ccc2c(c1)Oc1ccccc1S2)N1CCCC1Cc1ccc2ocnc2c1. The monoisotopic (exact) mass is 442 g/mol. The number of carbonyl (C=O) groups is 1. The van der Waals surface area contributed by atoms with Crippen molar-refractivity contribution in [2.45, 2.75) is 41.5 Å². The highest BCUT2D eigenvalue weighted by molar-refractivity contribution is 7.99. The first-order valence-electron chi connectivity index (χ1n) is 10.9. The van der Waals surface area contributed by atoms with Gasteiger partial charge in [0.15, 0.2) is 12.0 Å². The smallest absolute Gasteiger partial charge is 0.227 e. The van der Waals surface area contributed by atoms with Crippen LogP contribution in [0.1, 0.15) is 24.0 Å². The largest absolute Gasteiger partial charge is 0.455 e. The Morgan fingerprint density at radius 2 is 1.91 bits per heavy atom. The maximum Gasteiger partial charge on any atom is 0.227 e. The van der Waals surface area contributed by atoms with Crippen molar-refractivity contribution in [2.75, 3.05) is 6.54 Å². The second-order valence-corrected chi connectivity index (χ2v) is 9.43. The van der Waals surface area contributed by atoms with Crippen LogP contribution in [0.4, 0.5) is 0 Å². The Balaban J connectivity index is 1.16. The molecule has 1 unspecified atom stereocenters. The Bertz CT molecular complexity index is 1320. The molecule has 0 radical (unpaired) electrons. The van der Waals surface area contributed by atoms with E-state index in [4.69, 9.17) is 9.15 Å². The number of carbonyl (C=O) groups excluding carboxylic acids is 1. The Morgan fingerprint density at radius 1 is 1.03 bits per heavy atom. The second kappa shape index (κ2) is 8.02. The number of rotatable bonds is 4. The number of amides is 1. The number of para-hydroxylation sites is 1. The van der Waals surface area contributed by atoms with E-state index in [1.165, 1.54) is 12.0 Å². The summed E-state index contributed by atoms with van der Waals surface area (Å²) in [6.45, 7) is 0.820. The summed E-state index contributed by atoms with van der Waals surface area (Å²) in [6, 6.07) is 20.5. The van der Waals surface area contributed by atoms with Crippen LogP contribution in [0, 0.1) is 0 Å². The third-order valence-electron chi connectivity index (χ3n) is 6.22. The topological polar surface area (TPSA) is 55.6 Å². The minimum Gasteiger partial charge on any atom is -0.455 e. The summed E-state index contributed by atoms with van der Waals surface area (Å²) in [5.74, 6) is 1.88. The van der Waals surface area contributed by atoms with Gasteiger partial charge in [0.25, 0.3) is 0 Å². The zero-order valence-corrected chi connectivity index (χ0v) is 18.3. The summed E-state index contributed by atoms with van der Waals surface area (Å²) in [4.78, 5) is 21.7. The fraction of sp³-hybridized carbons (Fsp3) is 0.231. The van der Waals surface area contributed by atoms with Crippen molar-refractivity contribution in [1.29, 1.82) is 0 Å². The van der Waals surface area contributed by atoms with Gasteiger partial charge < -0.3 is 14.1 Å². The molecule has 4 aromatic rings. The van der Waals surface area contributed by atoms with Crippen LogP contribution in [0.25, 0.3) is 11.1 Å². The Kier molecular flexibility index (Phi) is 4.87. The number of hydrogen-bond acceptors (Lipinski definition) is 5. The van der Waals surface area contributed by atoms with Gasteiger partial charge in [0, 0.05) is 12.6 Å². The first kappa shape index (κ1) is 19.4. The maximum atomic E-state index is 13.2. The van der Waals surface area contributed by atoms with E-state index in [9.17, 15) is 4.79 Å². The Morgan fingerprint density at radius 3 is 2.88 bits per heavy atom. The number of ether oxygens (including phenoxy) is 1. The quantitative estimate of drug-likeness (QED) is 0.349. The molecule has 0 saturated carbocycles. The van der Waals surface area contributed by atoms with E-state index in [-0.39, 0.29) is 11.9 Å². The molecule has 32 heavy (non-hydrogen) atoms. The Labute approximate surface area is 190 Å². The summed E-state index contributed by atoms with van der Waals surface area (Å²) in [6.07, 6.45) is 4.78. The number of benzene rings is 3. The molecule has 1 fully saturated rings. The lowest BCUT2D eigenvalue weighted by Crippen LogP contribution is -2.37. The van der Waals surface area contributed by atoms with Crippen molar-refractivity contribution in [2.24, 2.45) is 0 Å². The molecule has 6 heteroatoms. The minimum absolute atomic E-state index is 0.179. The molecular weight excluding hydrogens is 420 g/mol. The van der Waals surface area contributed by atoms with Gasteiger partial charge >= 0.3 is 0 Å². The van der Waals surface area contributed by atoms with Crippen LogP contribution in [-0.2, 0) is 17.6 Å². The van der Waals surface area contributed by atoms with Crippen molar-refractivity contribution in [3.8, 4) is 11.5 Å². The minimum atomic E-state index is 0.179. The lowest BCUT2D eigenvalue weighted by atomic mass is 10.0. The second-order valence-electron chi connectivity index (χ2n) is 8.35. The third-order valence-corrected chi connectivity index (χ3v) is 7.33. The summed E-state index contributed by atoms with van der Waals surface area (Å²) in [7, 11) is 0. The predicted molar refractivity (Wildman–Crippen MR) is 123 cm³/mol. The molecule has 2 aliphatic rings. The summed E-state index contributed by atoms with van der Waals surface area (Å²) >= 11 is 1.71. The number of likely N-dealkylation sites (tertiary alicyclic amines) is 1. The van der Waals surface area contributed by atoms with Gasteiger partial charge in [0.2, 0.25) is 5.91 Å². The predicted octanol–water partition coefficient (Wildman–Crippen LogP) is 5.86. The van der Waals surface area contributed by atoms with E-state index < -0.39 is 0 Å². The van der Waals surface area contributed by atoms with Gasteiger partial charge in [0.1, 0.15) is 17.0 Å². The number of fused-ring (bicyclic) bond motifs is 3. The van der Waals surface area contributed by atoms with Gasteiger partial charge in [0.05, 0.1) is 16.2 Å². The van der Waals surface area contributed by atoms with Gasteiger partial charge in [-0.15, -0.1) is 0 Å². The number of aromatic nitrogens is 1. The highest BCUT2D eigenvalue weighted by Gasteiger charge is 2.29. The normalized spacial score (nSPS) is 17.1. The van der Waals surface area contributed by atoms with Crippen molar-refractivity contribution in [3.63, 3.8) is 0 Å². The lowest BCUT2D eigenvalue weighted by molar-refractivity contribution is -0.131. The number of oxazole rings is 1. The molecule has 0 aliphatic carbocycles. The molecule has 0 spiro atoms. The molecule has 3 heterocycles. The summed E-state index contributed by atoms with van der Waals surface area (Å²) < 4.78 is 11.4. The molecule has 0 bridgehead atoms. The van der Waals surface area contributed by atoms with Crippen LogP contribution in [0.5, 0.6) is 11.5 Å². The third kappa shape index (κ3) is 3.65. The lowest BCUT2D eigenvalue weighted by Gasteiger charge is -2.25. The van der Waals surface area contributed by atoms with Crippen LogP contribution < -0.4 is 4.74 Å². The van der Waals surface area contributed by atoms with Gasteiger partial charge in [-0.1, -0.05) is 36.0 Å². The first-order chi connectivity index (χ1) is 15.7. The molecule has 3 aromatic carbocycles. The highest BCUT2D eigenvalue weighted by Crippen LogP contribution is 2.47. The zero-order valence-electron chi connectivity index (χ0n) is 17.5. The number of hydrogen-bond donors (Lipinski definition) is 0. The molecule has 6 rings (SSSR count). The van der Waals surface area contributed by atoms with E-state index in [0.29, 0.717) is 6.42 Å². The molecule has 160 valence electrons. The van der Waals surface area contributed by atoms with Crippen molar-refractivity contribution in [1.82, 2.24) is 9.88 Å². The average molecular weight is 443 g/mol. The van der Waals surface area contributed by atoms with E-state index in [1.807, 2.05) is 36.4 Å². The van der Waals surface area contributed by atoms with Crippen LogP contribution in [-0.4, -0.2) is 28.4 Å². The van der Waals surface area contributed by atoms with Crippen LogP contribution in [0.2, 0.25) is 0 Å². The molecule has 2 aliphatic heterocycles. The van der Waals surface area contributed by atoms with Crippen LogP contribution >= 0.6 is 11.8 Å². The van der Waals surface area contributed by atoms with Crippen molar-refractivity contribution in [3.05, 3.63) is 78.2 Å². The van der Waals surface area contributed by atoms with E-state index >= 15 is 0 Å².